The largest absolute Gasteiger partial charge is 0.379 e. The SMILES string of the molecule is CCNC(=NCc1ccnc(N2CCN(CC)CC2)c1)N(C)CCOCC1CC1. The number of aliphatic imine (C=N–C) groups is 1. The average Bonchev–Trinajstić information content (AvgIpc) is 3.59. The maximum absolute atomic E-state index is 5.78. The lowest BCUT2D eigenvalue weighted by Crippen LogP contribution is -2.46. The average molecular weight is 403 g/mol. The summed E-state index contributed by atoms with van der Waals surface area (Å²) in [7, 11) is 2.08. The van der Waals surface area contributed by atoms with Crippen LogP contribution in [0.5, 0.6) is 0 Å². The van der Waals surface area contributed by atoms with Crippen LogP contribution in [0.4, 0.5) is 5.82 Å². The molecule has 1 aromatic heterocycles. The molecule has 3 rings (SSSR count). The number of ether oxygens (including phenoxy) is 1. The number of nitrogens with zero attached hydrogens (tertiary/aromatic N) is 5. The van der Waals surface area contributed by atoms with E-state index >= 15 is 0 Å². The number of rotatable bonds is 10. The first kappa shape index (κ1) is 21.8. The third-order valence-electron chi connectivity index (χ3n) is 5.68. The monoisotopic (exact) mass is 402 g/mol. The highest BCUT2D eigenvalue weighted by atomic mass is 16.5. The molecule has 1 saturated carbocycles. The third-order valence-corrected chi connectivity index (χ3v) is 5.68. The van der Waals surface area contributed by atoms with Gasteiger partial charge in [-0.25, -0.2) is 9.98 Å². The highest BCUT2D eigenvalue weighted by Crippen LogP contribution is 2.28. The van der Waals surface area contributed by atoms with Crippen LogP contribution in [0.1, 0.15) is 32.3 Å². The number of piperazine rings is 1. The molecule has 1 N–H and O–H groups in total. The standard InChI is InChI=1S/C22H38N6O/c1-4-23-22(26(3)14-15-29-18-19-6-7-19)25-17-20-8-9-24-21(16-20)28-12-10-27(5-2)11-13-28/h8-9,16,19H,4-7,10-15,17-18H2,1-3H3,(H,23,25). The molecular formula is C22H38N6O. The summed E-state index contributed by atoms with van der Waals surface area (Å²) < 4.78 is 5.78. The topological polar surface area (TPSA) is 56.2 Å². The molecule has 7 heteroatoms. The highest BCUT2D eigenvalue weighted by molar-refractivity contribution is 5.79. The van der Waals surface area contributed by atoms with E-state index in [1.807, 2.05) is 6.20 Å². The summed E-state index contributed by atoms with van der Waals surface area (Å²) in [6, 6.07) is 4.25. The van der Waals surface area contributed by atoms with Crippen LogP contribution in [0, 0.1) is 5.92 Å². The summed E-state index contributed by atoms with van der Waals surface area (Å²) >= 11 is 0. The minimum Gasteiger partial charge on any atom is -0.379 e. The first-order valence-electron chi connectivity index (χ1n) is 11.2. The number of hydrogen-bond acceptors (Lipinski definition) is 5. The number of aromatic nitrogens is 1. The number of likely N-dealkylation sites (N-methyl/N-ethyl adjacent to an activating group) is 2. The van der Waals surface area contributed by atoms with E-state index in [9.17, 15) is 0 Å². The third kappa shape index (κ3) is 7.16. The molecule has 2 heterocycles. The van der Waals surface area contributed by atoms with Crippen LogP contribution >= 0.6 is 0 Å². The van der Waals surface area contributed by atoms with E-state index < -0.39 is 0 Å². The van der Waals surface area contributed by atoms with Crippen molar-refractivity contribution >= 4 is 11.8 Å². The molecule has 0 spiro atoms. The van der Waals surface area contributed by atoms with Crippen molar-refractivity contribution < 1.29 is 4.74 Å². The van der Waals surface area contributed by atoms with Crippen molar-refractivity contribution in [2.24, 2.45) is 10.9 Å². The Balaban J connectivity index is 1.52. The second-order valence-electron chi connectivity index (χ2n) is 8.05. The Labute approximate surface area is 176 Å². The van der Waals surface area contributed by atoms with Crippen molar-refractivity contribution in [3.63, 3.8) is 0 Å². The van der Waals surface area contributed by atoms with Gasteiger partial charge in [0.25, 0.3) is 0 Å². The molecule has 0 radical (unpaired) electrons. The Hall–Kier alpha value is -1.86. The predicted molar refractivity (Wildman–Crippen MR) is 120 cm³/mol. The van der Waals surface area contributed by atoms with Crippen LogP contribution in [0.3, 0.4) is 0 Å². The molecule has 0 atom stereocenters. The van der Waals surface area contributed by atoms with Crippen molar-refractivity contribution in [2.45, 2.75) is 33.2 Å². The maximum atomic E-state index is 5.78. The summed E-state index contributed by atoms with van der Waals surface area (Å²) in [5.74, 6) is 2.81. The molecule has 1 aromatic rings. The van der Waals surface area contributed by atoms with Gasteiger partial charge < -0.3 is 24.8 Å². The van der Waals surface area contributed by atoms with Gasteiger partial charge in [0.15, 0.2) is 5.96 Å². The van der Waals surface area contributed by atoms with Crippen LogP contribution in [0.2, 0.25) is 0 Å². The Bertz CT molecular complexity index is 640. The van der Waals surface area contributed by atoms with Crippen LogP contribution in [-0.2, 0) is 11.3 Å². The fourth-order valence-electron chi connectivity index (χ4n) is 3.50. The lowest BCUT2D eigenvalue weighted by Gasteiger charge is -2.34. The summed E-state index contributed by atoms with van der Waals surface area (Å²) in [5, 5.41) is 3.39. The molecule has 162 valence electrons. The molecule has 1 saturated heterocycles. The van der Waals surface area contributed by atoms with Gasteiger partial charge in [0.2, 0.25) is 0 Å². The fraction of sp³-hybridized carbons (Fsp3) is 0.727. The molecule has 29 heavy (non-hydrogen) atoms. The van der Waals surface area contributed by atoms with E-state index in [-0.39, 0.29) is 0 Å². The van der Waals surface area contributed by atoms with Gasteiger partial charge in [0.1, 0.15) is 5.82 Å². The lowest BCUT2D eigenvalue weighted by molar-refractivity contribution is 0.115. The molecule has 1 aliphatic heterocycles. The van der Waals surface area contributed by atoms with Crippen molar-refractivity contribution in [3.8, 4) is 0 Å². The van der Waals surface area contributed by atoms with Gasteiger partial charge in [-0.05, 0) is 49.9 Å². The van der Waals surface area contributed by atoms with Crippen molar-refractivity contribution in [3.05, 3.63) is 23.9 Å². The van der Waals surface area contributed by atoms with Gasteiger partial charge in [-0.3, -0.25) is 0 Å². The number of anilines is 1. The van der Waals surface area contributed by atoms with Gasteiger partial charge in [0, 0.05) is 59.1 Å². The van der Waals surface area contributed by atoms with Crippen LogP contribution in [0.25, 0.3) is 0 Å². The van der Waals surface area contributed by atoms with Crippen molar-refractivity contribution in [1.29, 1.82) is 0 Å². The lowest BCUT2D eigenvalue weighted by atomic mass is 10.2. The maximum Gasteiger partial charge on any atom is 0.194 e. The van der Waals surface area contributed by atoms with Crippen molar-refractivity contribution in [1.82, 2.24) is 20.1 Å². The number of pyridine rings is 1. The Morgan fingerprint density at radius 2 is 2.07 bits per heavy atom. The normalized spacial score (nSPS) is 18.2. The molecule has 7 nitrogen and oxygen atoms in total. The van der Waals surface area contributed by atoms with Gasteiger partial charge in [-0.15, -0.1) is 0 Å². The molecule has 0 aromatic carbocycles. The quantitative estimate of drug-likeness (QED) is 0.367. The van der Waals surface area contributed by atoms with Gasteiger partial charge in [-0.2, -0.15) is 0 Å². The van der Waals surface area contributed by atoms with Crippen LogP contribution in [-0.4, -0.2) is 86.8 Å². The zero-order chi connectivity index (χ0) is 20.5. The van der Waals surface area contributed by atoms with E-state index in [0.717, 1.165) is 76.7 Å². The van der Waals surface area contributed by atoms with E-state index in [0.29, 0.717) is 6.54 Å². The van der Waals surface area contributed by atoms with E-state index in [1.165, 1.54) is 18.4 Å². The molecule has 0 unspecified atom stereocenters. The molecule has 0 bridgehead atoms. The highest BCUT2D eigenvalue weighted by Gasteiger charge is 2.21. The van der Waals surface area contributed by atoms with Crippen LogP contribution in [0.15, 0.2) is 23.3 Å². The fourth-order valence-corrected chi connectivity index (χ4v) is 3.50. The smallest absolute Gasteiger partial charge is 0.194 e. The van der Waals surface area contributed by atoms with E-state index in [1.54, 1.807) is 0 Å². The molecular weight excluding hydrogens is 364 g/mol. The zero-order valence-corrected chi connectivity index (χ0v) is 18.4. The van der Waals surface area contributed by atoms with Crippen molar-refractivity contribution in [2.75, 3.05) is 71.0 Å². The van der Waals surface area contributed by atoms with Gasteiger partial charge >= 0.3 is 0 Å². The number of hydrogen-bond donors (Lipinski definition) is 1. The summed E-state index contributed by atoms with van der Waals surface area (Å²) in [4.78, 5) is 16.5. The minimum absolute atomic E-state index is 0.653. The second kappa shape index (κ2) is 11.4. The van der Waals surface area contributed by atoms with E-state index in [2.05, 4.69) is 58.0 Å². The van der Waals surface area contributed by atoms with Gasteiger partial charge in [-0.1, -0.05) is 6.92 Å². The molecule has 2 aliphatic rings. The summed E-state index contributed by atoms with van der Waals surface area (Å²) in [5.41, 5.74) is 1.20. The first-order chi connectivity index (χ1) is 14.2. The zero-order valence-electron chi connectivity index (χ0n) is 18.4. The molecule has 2 fully saturated rings. The minimum atomic E-state index is 0.653. The predicted octanol–water partition coefficient (Wildman–Crippen LogP) is 2.05. The Morgan fingerprint density at radius 3 is 2.76 bits per heavy atom. The second-order valence-corrected chi connectivity index (χ2v) is 8.05. The number of guanidine groups is 1. The van der Waals surface area contributed by atoms with Gasteiger partial charge in [0.05, 0.1) is 13.2 Å². The Morgan fingerprint density at radius 1 is 1.28 bits per heavy atom. The molecule has 1 aliphatic carbocycles. The summed E-state index contributed by atoms with van der Waals surface area (Å²) in [6.45, 7) is 13.8. The number of nitrogens with one attached hydrogen (secondary N) is 1. The van der Waals surface area contributed by atoms with E-state index in [4.69, 9.17) is 9.73 Å². The molecule has 0 amide bonds. The Kier molecular flexibility index (Phi) is 8.55. The summed E-state index contributed by atoms with van der Waals surface area (Å²) in [6.07, 6.45) is 4.58. The first-order valence-corrected chi connectivity index (χ1v) is 11.2. The van der Waals surface area contributed by atoms with Crippen LogP contribution < -0.4 is 10.2 Å².